The molecule has 0 heterocycles. The monoisotopic (exact) mass is 874 g/mol. The number of esters is 2. The highest BCUT2D eigenvalue weighted by Gasteiger charge is 2.27. The van der Waals surface area contributed by atoms with Gasteiger partial charge in [0.05, 0.1) is 0 Å². The van der Waals surface area contributed by atoms with Crippen molar-refractivity contribution < 1.29 is 48.3 Å². The third kappa shape index (κ3) is 14.5. The molecule has 0 fully saturated rings. The van der Waals surface area contributed by atoms with E-state index in [2.05, 4.69) is 52.0 Å². The summed E-state index contributed by atoms with van der Waals surface area (Å²) in [5.74, 6) is -1.91. The predicted octanol–water partition coefficient (Wildman–Crippen LogP) is 9.79. The summed E-state index contributed by atoms with van der Waals surface area (Å²) in [5, 5.41) is 17.8. The van der Waals surface area contributed by atoms with Gasteiger partial charge in [-0.2, -0.15) is 0 Å². The summed E-state index contributed by atoms with van der Waals surface area (Å²) in [4.78, 5) is 48.4. The lowest BCUT2D eigenvalue weighted by atomic mass is 9.74. The van der Waals surface area contributed by atoms with Crippen molar-refractivity contribution >= 4 is 47.4 Å². The second kappa shape index (κ2) is 22.6. The fourth-order valence-corrected chi connectivity index (χ4v) is 8.07. The van der Waals surface area contributed by atoms with Crippen LogP contribution in [0.1, 0.15) is 49.9 Å². The van der Waals surface area contributed by atoms with Crippen LogP contribution in [-0.4, -0.2) is 71.0 Å². The molecular formula is C50H50O10S2. The Morgan fingerprint density at radius 3 is 1.10 bits per heavy atom. The van der Waals surface area contributed by atoms with Crippen LogP contribution in [0.15, 0.2) is 168 Å². The SMILES string of the molecule is CC(C)(c1ccc(OCC(CSc2ccccc2)OC(=O)C=CC(=O)O)cc1)c1ccc(C(C)(C)c2ccc(OCC(CSc3ccccc3)OC(=O)C=CC(=O)O)cc2)cc1. The molecule has 62 heavy (non-hydrogen) atoms. The Bertz CT molecular complexity index is 2120. The summed E-state index contributed by atoms with van der Waals surface area (Å²) in [7, 11) is 0. The summed E-state index contributed by atoms with van der Waals surface area (Å²) in [6.45, 7) is 8.85. The van der Waals surface area contributed by atoms with Crippen molar-refractivity contribution in [2.24, 2.45) is 0 Å². The lowest BCUT2D eigenvalue weighted by molar-refractivity contribution is -0.144. The zero-order valence-electron chi connectivity index (χ0n) is 35.0. The first kappa shape index (κ1) is 46.8. The van der Waals surface area contributed by atoms with Gasteiger partial charge in [0.15, 0.2) is 0 Å². The van der Waals surface area contributed by atoms with E-state index in [-0.39, 0.29) is 24.0 Å². The Balaban J connectivity index is 1.19. The van der Waals surface area contributed by atoms with Gasteiger partial charge in [0.1, 0.15) is 36.9 Å². The number of rotatable bonds is 22. The van der Waals surface area contributed by atoms with Crippen LogP contribution in [0.3, 0.4) is 0 Å². The fourth-order valence-electron chi connectivity index (χ4n) is 6.28. The minimum Gasteiger partial charge on any atom is -0.490 e. The number of hydrogen-bond donors (Lipinski definition) is 2. The number of carboxylic acid groups (broad SMARTS) is 2. The molecule has 322 valence electrons. The third-order valence-corrected chi connectivity index (χ3v) is 12.3. The summed E-state index contributed by atoms with van der Waals surface area (Å²) in [6, 6.07) is 43.7. The molecule has 0 aromatic heterocycles. The second-order valence-corrected chi connectivity index (χ2v) is 17.4. The summed E-state index contributed by atoms with van der Waals surface area (Å²) in [6.07, 6.45) is 2.03. The summed E-state index contributed by atoms with van der Waals surface area (Å²) < 4.78 is 23.2. The van der Waals surface area contributed by atoms with E-state index in [9.17, 15) is 19.2 Å². The summed E-state index contributed by atoms with van der Waals surface area (Å²) >= 11 is 3.02. The van der Waals surface area contributed by atoms with Crippen molar-refractivity contribution in [1.82, 2.24) is 0 Å². The van der Waals surface area contributed by atoms with E-state index < -0.39 is 36.1 Å². The second-order valence-electron chi connectivity index (χ2n) is 15.2. The van der Waals surface area contributed by atoms with Crippen LogP contribution in [0, 0.1) is 0 Å². The molecule has 5 aromatic rings. The van der Waals surface area contributed by atoms with Gasteiger partial charge in [-0.25, -0.2) is 19.2 Å². The molecule has 0 aliphatic rings. The molecule has 0 saturated heterocycles. The maximum atomic E-state index is 12.3. The molecule has 0 radical (unpaired) electrons. The quantitative estimate of drug-likeness (QED) is 0.0388. The number of aliphatic carboxylic acids is 2. The highest BCUT2D eigenvalue weighted by molar-refractivity contribution is 7.99. The van der Waals surface area contributed by atoms with Crippen LogP contribution in [0.5, 0.6) is 11.5 Å². The van der Waals surface area contributed by atoms with Gasteiger partial charge in [-0.3, -0.25) is 0 Å². The van der Waals surface area contributed by atoms with Gasteiger partial charge in [0.2, 0.25) is 0 Å². The van der Waals surface area contributed by atoms with E-state index in [0.717, 1.165) is 56.3 Å². The number of ether oxygens (including phenoxy) is 4. The maximum absolute atomic E-state index is 12.3. The van der Waals surface area contributed by atoms with Crippen LogP contribution in [0.4, 0.5) is 0 Å². The highest BCUT2D eigenvalue weighted by Crippen LogP contribution is 2.37. The van der Waals surface area contributed by atoms with E-state index >= 15 is 0 Å². The van der Waals surface area contributed by atoms with Gasteiger partial charge in [-0.05, 0) is 70.8 Å². The Hall–Kier alpha value is -6.24. The van der Waals surface area contributed by atoms with Crippen LogP contribution in [0.25, 0.3) is 0 Å². The molecular weight excluding hydrogens is 825 g/mol. The van der Waals surface area contributed by atoms with Crippen LogP contribution in [0.2, 0.25) is 0 Å². The zero-order valence-corrected chi connectivity index (χ0v) is 36.6. The van der Waals surface area contributed by atoms with Crippen LogP contribution in [-0.2, 0) is 39.5 Å². The molecule has 0 aliphatic heterocycles. The Morgan fingerprint density at radius 2 is 0.790 bits per heavy atom. The van der Waals surface area contributed by atoms with Gasteiger partial charge in [0.25, 0.3) is 0 Å². The number of carbonyl (C=O) groups is 4. The van der Waals surface area contributed by atoms with Crippen LogP contribution < -0.4 is 9.47 Å². The molecule has 10 nitrogen and oxygen atoms in total. The first-order valence-electron chi connectivity index (χ1n) is 19.9. The zero-order chi connectivity index (χ0) is 44.5. The lowest BCUT2D eigenvalue weighted by Gasteiger charge is -2.30. The smallest absolute Gasteiger partial charge is 0.331 e. The van der Waals surface area contributed by atoms with Gasteiger partial charge in [-0.1, -0.05) is 113 Å². The molecule has 2 atom stereocenters. The molecule has 0 saturated carbocycles. The van der Waals surface area contributed by atoms with E-state index in [0.29, 0.717) is 23.0 Å². The Morgan fingerprint density at radius 1 is 0.484 bits per heavy atom. The van der Waals surface area contributed by atoms with Crippen molar-refractivity contribution in [3.05, 3.63) is 180 Å². The van der Waals surface area contributed by atoms with E-state index in [4.69, 9.17) is 29.2 Å². The third-order valence-electron chi connectivity index (χ3n) is 10.00. The van der Waals surface area contributed by atoms with Crippen LogP contribution >= 0.6 is 23.5 Å². The molecule has 0 amide bonds. The highest BCUT2D eigenvalue weighted by atomic mass is 32.2. The minimum atomic E-state index is -1.23. The van der Waals surface area contributed by atoms with E-state index in [1.807, 2.05) is 109 Å². The van der Waals surface area contributed by atoms with Crippen molar-refractivity contribution in [2.75, 3.05) is 24.7 Å². The standard InChI is InChI=1S/C50H50O10S2/c1-49(2,37-19-23-39(24-20-37)57-31-41(59-47(55)29-27-45(51)52)33-61-43-11-7-5-8-12-43)35-15-17-36(18-16-35)50(3,4)38-21-25-40(26-22-38)58-32-42(60-48(56)30-28-46(53)54)34-62-44-13-9-6-10-14-44/h5-30,41-42H,31-34H2,1-4H3,(H,51,52)(H,53,54). The molecule has 0 spiro atoms. The molecule has 0 bridgehead atoms. The number of carbonyl (C=O) groups excluding carboxylic acids is 2. The van der Waals surface area contributed by atoms with Crippen molar-refractivity contribution in [3.8, 4) is 11.5 Å². The fraction of sp³-hybridized carbons (Fsp3) is 0.240. The largest absolute Gasteiger partial charge is 0.490 e. The van der Waals surface area contributed by atoms with E-state index in [1.54, 1.807) is 0 Å². The number of thioether (sulfide) groups is 2. The molecule has 2 unspecified atom stereocenters. The molecule has 0 aliphatic carbocycles. The normalized spacial score (nSPS) is 12.7. The molecule has 5 rings (SSSR count). The van der Waals surface area contributed by atoms with E-state index in [1.165, 1.54) is 23.5 Å². The summed E-state index contributed by atoms with van der Waals surface area (Å²) in [5.41, 5.74) is 3.77. The number of hydrogen-bond acceptors (Lipinski definition) is 10. The van der Waals surface area contributed by atoms with Gasteiger partial charge in [0, 0.05) is 56.4 Å². The van der Waals surface area contributed by atoms with Crippen molar-refractivity contribution in [1.29, 1.82) is 0 Å². The molecule has 12 heteroatoms. The first-order valence-corrected chi connectivity index (χ1v) is 21.8. The minimum absolute atomic E-state index is 0.0871. The van der Waals surface area contributed by atoms with Crippen molar-refractivity contribution in [2.45, 2.75) is 60.5 Å². The van der Waals surface area contributed by atoms with Crippen molar-refractivity contribution in [3.63, 3.8) is 0 Å². The molecule has 2 N–H and O–H groups in total. The Kier molecular flexibility index (Phi) is 17.0. The number of benzene rings is 5. The average molecular weight is 875 g/mol. The molecule has 5 aromatic carbocycles. The maximum Gasteiger partial charge on any atom is 0.331 e. The predicted molar refractivity (Wildman–Crippen MR) is 242 cm³/mol. The van der Waals surface area contributed by atoms with Gasteiger partial charge >= 0.3 is 23.9 Å². The topological polar surface area (TPSA) is 146 Å². The van der Waals surface area contributed by atoms with Gasteiger partial charge in [-0.15, -0.1) is 23.5 Å². The average Bonchev–Trinajstić information content (AvgIpc) is 3.27. The first-order chi connectivity index (χ1) is 29.7. The number of carboxylic acids is 2. The lowest BCUT2D eigenvalue weighted by Crippen LogP contribution is -2.27. The Labute approximate surface area is 371 Å². The van der Waals surface area contributed by atoms with Gasteiger partial charge < -0.3 is 29.2 Å².